The largest absolute Gasteiger partial charge is 0.497 e. The van der Waals surface area contributed by atoms with E-state index in [4.69, 9.17) is 4.74 Å². The summed E-state index contributed by atoms with van der Waals surface area (Å²) < 4.78 is 18.4. The van der Waals surface area contributed by atoms with Crippen molar-refractivity contribution in [1.82, 2.24) is 0 Å². The van der Waals surface area contributed by atoms with Gasteiger partial charge in [-0.1, -0.05) is 17.8 Å². The maximum atomic E-state index is 13.1. The number of methoxy groups -OCH3 is 1. The van der Waals surface area contributed by atoms with E-state index in [1.165, 1.54) is 36.0 Å². The minimum atomic E-state index is -0.596. The quantitative estimate of drug-likeness (QED) is 0.470. The van der Waals surface area contributed by atoms with Crippen LogP contribution in [0.15, 0.2) is 53.5 Å². The van der Waals surface area contributed by atoms with Gasteiger partial charge in [0.2, 0.25) is 11.8 Å². The minimum absolute atomic E-state index is 0.0589. The lowest BCUT2D eigenvalue weighted by Crippen LogP contribution is -2.31. The highest BCUT2D eigenvalue weighted by Crippen LogP contribution is 2.31. The summed E-state index contributed by atoms with van der Waals surface area (Å²) in [6.07, 6.45) is 0.0589. The van der Waals surface area contributed by atoms with E-state index in [2.05, 4.69) is 10.3 Å². The lowest BCUT2D eigenvalue weighted by molar-refractivity contribution is -0.121. The molecule has 3 rings (SSSR count). The van der Waals surface area contributed by atoms with Crippen LogP contribution in [0, 0.1) is 5.82 Å². The number of carbonyl (C=O) groups excluding carboxylic acids is 2. The van der Waals surface area contributed by atoms with E-state index in [0.29, 0.717) is 23.1 Å². The number of ether oxygens (including phenoxy) is 1. The molecule has 1 N–H and O–H groups in total. The fourth-order valence-corrected chi connectivity index (χ4v) is 3.85. The maximum absolute atomic E-state index is 13.1. The van der Waals surface area contributed by atoms with Crippen LogP contribution in [0.5, 0.6) is 5.75 Å². The van der Waals surface area contributed by atoms with Gasteiger partial charge in [-0.05, 0) is 43.3 Å². The van der Waals surface area contributed by atoms with Crippen molar-refractivity contribution in [2.24, 2.45) is 4.99 Å². The van der Waals surface area contributed by atoms with Crippen LogP contribution in [0.3, 0.4) is 0 Å². The first-order valence-electron chi connectivity index (χ1n) is 8.76. The number of halogens is 1. The van der Waals surface area contributed by atoms with Gasteiger partial charge in [0.25, 0.3) is 0 Å². The Balaban J connectivity index is 1.74. The third-order valence-corrected chi connectivity index (χ3v) is 5.17. The number of anilines is 2. The van der Waals surface area contributed by atoms with Crippen LogP contribution in [-0.2, 0) is 9.59 Å². The van der Waals surface area contributed by atoms with Crippen molar-refractivity contribution in [3.8, 4) is 5.75 Å². The van der Waals surface area contributed by atoms with Crippen LogP contribution in [0.2, 0.25) is 0 Å². The van der Waals surface area contributed by atoms with Crippen LogP contribution in [0.1, 0.15) is 13.3 Å². The average Bonchev–Trinajstić information content (AvgIpc) is 2.96. The number of carbonyl (C=O) groups is 2. The van der Waals surface area contributed by atoms with Crippen molar-refractivity contribution >= 4 is 40.1 Å². The molecule has 1 heterocycles. The molecule has 1 aliphatic rings. The molecule has 0 unspecified atom stereocenters. The van der Waals surface area contributed by atoms with Gasteiger partial charge in [0.1, 0.15) is 16.8 Å². The van der Waals surface area contributed by atoms with E-state index < -0.39 is 11.1 Å². The Kier molecular flexibility index (Phi) is 6.30. The zero-order valence-corrected chi connectivity index (χ0v) is 16.3. The summed E-state index contributed by atoms with van der Waals surface area (Å²) >= 11 is 1.21. The van der Waals surface area contributed by atoms with Crippen LogP contribution < -0.4 is 15.0 Å². The number of nitrogens with zero attached hydrogens (tertiary/aromatic N) is 2. The van der Waals surface area contributed by atoms with Crippen molar-refractivity contribution in [2.75, 3.05) is 23.9 Å². The Bertz CT molecular complexity index is 902. The van der Waals surface area contributed by atoms with Crippen molar-refractivity contribution in [3.63, 3.8) is 0 Å². The Labute approximate surface area is 166 Å². The Hall–Kier alpha value is -2.87. The number of rotatable bonds is 5. The molecule has 0 saturated carbocycles. The fraction of sp³-hybridized carbons (Fsp3) is 0.250. The summed E-state index contributed by atoms with van der Waals surface area (Å²) in [7, 11) is 1.59. The zero-order chi connectivity index (χ0) is 20.1. The second-order valence-electron chi connectivity index (χ2n) is 5.99. The van der Waals surface area contributed by atoms with Crippen molar-refractivity contribution < 1.29 is 18.7 Å². The fourth-order valence-electron chi connectivity index (χ4n) is 2.77. The van der Waals surface area contributed by atoms with Gasteiger partial charge >= 0.3 is 0 Å². The molecule has 0 spiro atoms. The number of nitrogens with one attached hydrogen (secondary N) is 1. The standard InChI is InChI=1S/C20H20FN3O3S/c1-3-22-20(23-14-5-4-6-16(11-14)27-2)28-17-12-18(25)24(19(17)26)15-9-7-13(21)8-10-15/h4-11,17H,3,12H2,1-2H3,(H,22,23)/t17-/m1/s1. The molecule has 2 aromatic rings. The number of imide groups is 1. The summed E-state index contributed by atoms with van der Waals surface area (Å²) in [5, 5.41) is 3.13. The van der Waals surface area contributed by atoms with Crippen molar-refractivity contribution in [1.29, 1.82) is 0 Å². The molecule has 28 heavy (non-hydrogen) atoms. The van der Waals surface area contributed by atoms with Crippen molar-refractivity contribution in [2.45, 2.75) is 18.6 Å². The highest BCUT2D eigenvalue weighted by molar-refractivity contribution is 8.15. The third-order valence-electron chi connectivity index (χ3n) is 4.07. The first-order chi connectivity index (χ1) is 13.5. The van der Waals surface area contributed by atoms with Gasteiger partial charge in [-0.25, -0.2) is 9.29 Å². The number of thioether (sulfide) groups is 1. The van der Waals surface area contributed by atoms with E-state index in [0.717, 1.165) is 10.6 Å². The highest BCUT2D eigenvalue weighted by Gasteiger charge is 2.40. The monoisotopic (exact) mass is 401 g/mol. The predicted octanol–water partition coefficient (Wildman–Crippen LogP) is 3.69. The number of hydrogen-bond acceptors (Lipinski definition) is 5. The summed E-state index contributed by atoms with van der Waals surface area (Å²) in [6, 6.07) is 12.7. The van der Waals surface area contributed by atoms with Gasteiger partial charge in [-0.15, -0.1) is 0 Å². The van der Waals surface area contributed by atoms with Gasteiger partial charge in [0, 0.05) is 24.7 Å². The second-order valence-corrected chi connectivity index (χ2v) is 7.18. The first kappa shape index (κ1) is 19.9. The van der Waals surface area contributed by atoms with E-state index in [9.17, 15) is 14.0 Å². The summed E-state index contributed by atoms with van der Waals surface area (Å²) in [4.78, 5) is 30.7. The normalized spacial score (nSPS) is 17.2. The highest BCUT2D eigenvalue weighted by atomic mass is 32.2. The minimum Gasteiger partial charge on any atom is -0.497 e. The second kappa shape index (κ2) is 8.88. The molecule has 0 aromatic heterocycles. The molecule has 0 radical (unpaired) electrons. The van der Waals surface area contributed by atoms with Crippen LogP contribution in [0.25, 0.3) is 0 Å². The van der Waals surface area contributed by atoms with Crippen LogP contribution in [-0.4, -0.2) is 35.9 Å². The lowest BCUT2D eigenvalue weighted by atomic mass is 10.3. The third kappa shape index (κ3) is 4.51. The van der Waals surface area contributed by atoms with Crippen molar-refractivity contribution in [3.05, 3.63) is 54.3 Å². The van der Waals surface area contributed by atoms with Gasteiger partial charge in [-0.3, -0.25) is 14.6 Å². The molecule has 1 atom stereocenters. The number of hydrogen-bond donors (Lipinski definition) is 1. The van der Waals surface area contributed by atoms with E-state index in [1.54, 1.807) is 7.11 Å². The van der Waals surface area contributed by atoms with Gasteiger partial charge in [0.15, 0.2) is 5.17 Å². The Morgan fingerprint density at radius 3 is 2.71 bits per heavy atom. The Morgan fingerprint density at radius 2 is 2.04 bits per heavy atom. The summed E-state index contributed by atoms with van der Waals surface area (Å²) in [5.41, 5.74) is 1.14. The molecule has 2 aromatic carbocycles. The average molecular weight is 401 g/mol. The number of amidine groups is 1. The van der Waals surface area contributed by atoms with Gasteiger partial charge < -0.3 is 10.1 Å². The molecule has 146 valence electrons. The molecule has 1 fully saturated rings. The van der Waals surface area contributed by atoms with E-state index in [1.807, 2.05) is 31.2 Å². The molecule has 1 saturated heterocycles. The van der Waals surface area contributed by atoms with Crippen LogP contribution in [0.4, 0.5) is 15.8 Å². The summed E-state index contributed by atoms with van der Waals surface area (Å²) in [5.74, 6) is -0.377. The van der Waals surface area contributed by atoms with Gasteiger partial charge in [-0.2, -0.15) is 0 Å². The maximum Gasteiger partial charge on any atom is 0.247 e. The van der Waals surface area contributed by atoms with Gasteiger partial charge in [0.05, 0.1) is 12.8 Å². The molecule has 8 heteroatoms. The molecule has 0 bridgehead atoms. The van der Waals surface area contributed by atoms with E-state index >= 15 is 0 Å². The van der Waals surface area contributed by atoms with E-state index in [-0.39, 0.29) is 18.2 Å². The first-order valence-corrected chi connectivity index (χ1v) is 9.64. The molecular weight excluding hydrogens is 381 g/mol. The number of aliphatic imine (C=N–C) groups is 1. The molecule has 0 aliphatic carbocycles. The zero-order valence-electron chi connectivity index (χ0n) is 15.5. The number of amides is 2. The Morgan fingerprint density at radius 1 is 1.29 bits per heavy atom. The topological polar surface area (TPSA) is 71.0 Å². The smallest absolute Gasteiger partial charge is 0.247 e. The predicted molar refractivity (Wildman–Crippen MR) is 109 cm³/mol. The molecule has 2 amide bonds. The summed E-state index contributed by atoms with van der Waals surface area (Å²) in [6.45, 7) is 2.41. The molecular formula is C20H20FN3O3S. The SMILES string of the molecule is CCN=C(Nc1cccc(OC)c1)S[C@@H]1CC(=O)N(c2ccc(F)cc2)C1=O. The number of benzene rings is 2. The molecule has 1 aliphatic heterocycles. The molecule has 6 nitrogen and oxygen atoms in total. The van der Waals surface area contributed by atoms with Crippen LogP contribution >= 0.6 is 11.8 Å². The lowest BCUT2D eigenvalue weighted by Gasteiger charge is -2.16.